The number of hydrogen-bond acceptors (Lipinski definition) is 2. The summed E-state index contributed by atoms with van der Waals surface area (Å²) >= 11 is 0. The van der Waals surface area contributed by atoms with Crippen LogP contribution >= 0.6 is 0 Å². The molecule has 1 N–H and O–H groups in total. The lowest BCUT2D eigenvalue weighted by Crippen LogP contribution is -2.22. The Balaban J connectivity index is 1.65. The number of rotatable bonds is 2. The second-order valence-electron chi connectivity index (χ2n) is 6.91. The monoisotopic (exact) mass is 340 g/mol. The van der Waals surface area contributed by atoms with E-state index in [2.05, 4.69) is 59.3 Å². The molecule has 1 aliphatic rings. The first-order valence-electron chi connectivity index (χ1n) is 9.16. The maximum atomic E-state index is 12.6. The number of anilines is 1. The van der Waals surface area contributed by atoms with Gasteiger partial charge in [0.1, 0.15) is 0 Å². The molecule has 3 heteroatoms. The van der Waals surface area contributed by atoms with Gasteiger partial charge in [0.15, 0.2) is 5.78 Å². The van der Waals surface area contributed by atoms with Crippen molar-refractivity contribution in [1.82, 2.24) is 4.57 Å². The zero-order valence-electron chi connectivity index (χ0n) is 14.7. The Morgan fingerprint density at radius 1 is 0.962 bits per heavy atom. The summed E-state index contributed by atoms with van der Waals surface area (Å²) in [6.45, 7) is 3.12. The van der Waals surface area contributed by atoms with E-state index in [4.69, 9.17) is 0 Å². The number of hydrogen-bond donors (Lipinski definition) is 1. The number of ketones is 1. The second kappa shape index (κ2) is 5.73. The zero-order valence-corrected chi connectivity index (χ0v) is 14.7. The average Bonchev–Trinajstić information content (AvgIpc) is 3.01. The minimum atomic E-state index is 0.0190. The normalized spacial score (nSPS) is 16.7. The van der Waals surface area contributed by atoms with Crippen molar-refractivity contribution in [3.8, 4) is 0 Å². The predicted molar refractivity (Wildman–Crippen MR) is 107 cm³/mol. The standard InChI is InChI=1S/C23H20N2O/c1-2-25-21-10-6-4-7-16(21)18-13-15(11-12-22(18)25)20-14-23(26)17-8-3-5-9-19(17)24-20/h3-13,20,24H,2,14H2,1H3. The topological polar surface area (TPSA) is 34.0 Å². The van der Waals surface area contributed by atoms with Crippen LogP contribution in [0, 0.1) is 0 Å². The summed E-state index contributed by atoms with van der Waals surface area (Å²) in [5, 5.41) is 6.08. The molecule has 1 aromatic heterocycles. The van der Waals surface area contributed by atoms with Crippen molar-refractivity contribution in [1.29, 1.82) is 0 Å². The molecular weight excluding hydrogens is 320 g/mol. The Kier molecular flexibility index (Phi) is 3.35. The van der Waals surface area contributed by atoms with E-state index in [0.29, 0.717) is 6.42 Å². The number of nitrogens with zero attached hydrogens (tertiary/aromatic N) is 1. The van der Waals surface area contributed by atoms with Gasteiger partial charge in [-0.15, -0.1) is 0 Å². The summed E-state index contributed by atoms with van der Waals surface area (Å²) in [5.41, 5.74) is 5.41. The molecule has 5 rings (SSSR count). The highest BCUT2D eigenvalue weighted by Crippen LogP contribution is 2.36. The van der Waals surface area contributed by atoms with Crippen molar-refractivity contribution in [2.24, 2.45) is 0 Å². The van der Waals surface area contributed by atoms with Crippen LogP contribution in [-0.2, 0) is 6.54 Å². The smallest absolute Gasteiger partial charge is 0.167 e. The molecule has 26 heavy (non-hydrogen) atoms. The van der Waals surface area contributed by atoms with Crippen LogP contribution in [0.4, 0.5) is 5.69 Å². The van der Waals surface area contributed by atoms with Gasteiger partial charge in [-0.05, 0) is 42.8 Å². The number of para-hydroxylation sites is 2. The van der Waals surface area contributed by atoms with Crippen LogP contribution in [0.1, 0.15) is 35.3 Å². The van der Waals surface area contributed by atoms with Crippen LogP contribution in [0.15, 0.2) is 66.7 Å². The van der Waals surface area contributed by atoms with Gasteiger partial charge in [-0.2, -0.15) is 0 Å². The van der Waals surface area contributed by atoms with Gasteiger partial charge in [-0.1, -0.05) is 36.4 Å². The lowest BCUT2D eigenvalue weighted by molar-refractivity contribution is 0.0972. The van der Waals surface area contributed by atoms with Crippen molar-refractivity contribution in [2.75, 3.05) is 5.32 Å². The number of fused-ring (bicyclic) bond motifs is 4. The third-order valence-electron chi connectivity index (χ3n) is 5.46. The molecule has 4 aromatic rings. The molecule has 128 valence electrons. The molecule has 3 nitrogen and oxygen atoms in total. The van der Waals surface area contributed by atoms with Crippen LogP contribution in [0.25, 0.3) is 21.8 Å². The molecular formula is C23H20N2O. The molecule has 2 heterocycles. The quantitative estimate of drug-likeness (QED) is 0.519. The van der Waals surface area contributed by atoms with E-state index in [1.165, 1.54) is 27.4 Å². The molecule has 1 atom stereocenters. The van der Waals surface area contributed by atoms with Crippen LogP contribution in [-0.4, -0.2) is 10.4 Å². The number of Topliss-reactive ketones (excluding diaryl/α,β-unsaturated/α-hetero) is 1. The number of nitrogens with one attached hydrogen (secondary N) is 1. The third-order valence-corrected chi connectivity index (χ3v) is 5.46. The fourth-order valence-corrected chi connectivity index (χ4v) is 4.22. The number of carbonyl (C=O) groups is 1. The molecule has 1 aliphatic heterocycles. The Labute approximate surface area is 152 Å². The van der Waals surface area contributed by atoms with E-state index in [1.807, 2.05) is 24.3 Å². The lowest BCUT2D eigenvalue weighted by Gasteiger charge is -2.26. The summed E-state index contributed by atoms with van der Waals surface area (Å²) in [6.07, 6.45) is 0.495. The maximum absolute atomic E-state index is 12.6. The summed E-state index contributed by atoms with van der Waals surface area (Å²) in [4.78, 5) is 12.6. The largest absolute Gasteiger partial charge is 0.377 e. The maximum Gasteiger partial charge on any atom is 0.167 e. The first kappa shape index (κ1) is 15.2. The number of aromatic nitrogens is 1. The minimum absolute atomic E-state index is 0.0190. The number of carbonyl (C=O) groups excluding carboxylic acids is 1. The Morgan fingerprint density at radius 3 is 2.62 bits per heavy atom. The van der Waals surface area contributed by atoms with Crippen LogP contribution in [0.2, 0.25) is 0 Å². The zero-order chi connectivity index (χ0) is 17.7. The van der Waals surface area contributed by atoms with Crippen molar-refractivity contribution in [3.05, 3.63) is 77.9 Å². The van der Waals surface area contributed by atoms with Crippen LogP contribution < -0.4 is 5.32 Å². The second-order valence-corrected chi connectivity index (χ2v) is 6.91. The fourth-order valence-electron chi connectivity index (χ4n) is 4.22. The van der Waals surface area contributed by atoms with E-state index in [-0.39, 0.29) is 11.8 Å². The Morgan fingerprint density at radius 2 is 1.73 bits per heavy atom. The van der Waals surface area contributed by atoms with Gasteiger partial charge < -0.3 is 9.88 Å². The van der Waals surface area contributed by atoms with Gasteiger partial charge in [0, 0.05) is 46.0 Å². The average molecular weight is 340 g/mol. The number of aryl methyl sites for hydroxylation is 1. The van der Waals surface area contributed by atoms with E-state index >= 15 is 0 Å². The fraction of sp³-hybridized carbons (Fsp3) is 0.174. The molecule has 1 unspecified atom stereocenters. The van der Waals surface area contributed by atoms with Crippen LogP contribution in [0.5, 0.6) is 0 Å². The molecule has 0 bridgehead atoms. The van der Waals surface area contributed by atoms with Crippen molar-refractivity contribution < 1.29 is 4.79 Å². The molecule has 0 radical (unpaired) electrons. The van der Waals surface area contributed by atoms with Gasteiger partial charge in [0.05, 0.1) is 6.04 Å². The van der Waals surface area contributed by atoms with Gasteiger partial charge in [0.25, 0.3) is 0 Å². The summed E-state index contributed by atoms with van der Waals surface area (Å²) in [7, 11) is 0. The highest BCUT2D eigenvalue weighted by atomic mass is 16.1. The molecule has 3 aromatic carbocycles. The predicted octanol–water partition coefficient (Wildman–Crippen LogP) is 5.55. The highest BCUT2D eigenvalue weighted by Gasteiger charge is 2.25. The Bertz CT molecular complexity index is 1160. The summed E-state index contributed by atoms with van der Waals surface area (Å²) in [6, 6.07) is 22.9. The molecule has 0 saturated carbocycles. The van der Waals surface area contributed by atoms with E-state index in [9.17, 15) is 4.79 Å². The third kappa shape index (κ3) is 2.17. The SMILES string of the molecule is CCn1c2ccccc2c2cc(C3CC(=O)c4ccccc4N3)ccc21. The van der Waals surface area contributed by atoms with Crippen molar-refractivity contribution >= 4 is 33.3 Å². The Hall–Kier alpha value is -3.07. The molecule has 0 saturated heterocycles. The minimum Gasteiger partial charge on any atom is -0.377 e. The van der Waals surface area contributed by atoms with E-state index in [1.54, 1.807) is 0 Å². The lowest BCUT2D eigenvalue weighted by atomic mass is 9.92. The van der Waals surface area contributed by atoms with E-state index in [0.717, 1.165) is 17.8 Å². The molecule has 0 spiro atoms. The first-order chi connectivity index (χ1) is 12.8. The number of benzene rings is 3. The van der Waals surface area contributed by atoms with Gasteiger partial charge in [0.2, 0.25) is 0 Å². The molecule has 0 aliphatic carbocycles. The molecule has 0 fully saturated rings. The highest BCUT2D eigenvalue weighted by molar-refractivity contribution is 6.08. The first-order valence-corrected chi connectivity index (χ1v) is 9.16. The van der Waals surface area contributed by atoms with Gasteiger partial charge >= 0.3 is 0 Å². The molecule has 0 amide bonds. The van der Waals surface area contributed by atoms with Gasteiger partial charge in [-0.3, -0.25) is 4.79 Å². The summed E-state index contributed by atoms with van der Waals surface area (Å²) in [5.74, 6) is 0.209. The van der Waals surface area contributed by atoms with Crippen molar-refractivity contribution in [2.45, 2.75) is 25.9 Å². The van der Waals surface area contributed by atoms with E-state index < -0.39 is 0 Å². The van der Waals surface area contributed by atoms with Crippen LogP contribution in [0.3, 0.4) is 0 Å². The van der Waals surface area contributed by atoms with Crippen molar-refractivity contribution in [3.63, 3.8) is 0 Å². The van der Waals surface area contributed by atoms with Gasteiger partial charge in [-0.25, -0.2) is 0 Å². The summed E-state index contributed by atoms with van der Waals surface area (Å²) < 4.78 is 2.35.